The first kappa shape index (κ1) is 16.5. The van der Waals surface area contributed by atoms with E-state index in [2.05, 4.69) is 15.3 Å². The molecule has 0 bridgehead atoms. The van der Waals surface area contributed by atoms with E-state index in [0.717, 1.165) is 25.9 Å². The number of hydrogen-bond acceptors (Lipinski definition) is 5. The lowest BCUT2D eigenvalue weighted by Gasteiger charge is -2.19. The Morgan fingerprint density at radius 3 is 2.55 bits per heavy atom. The number of halogens is 1. The summed E-state index contributed by atoms with van der Waals surface area (Å²) in [5.41, 5.74) is 0.00506. The zero-order chi connectivity index (χ0) is 16.3. The van der Waals surface area contributed by atoms with Crippen molar-refractivity contribution in [3.63, 3.8) is 0 Å². The molecule has 1 aromatic heterocycles. The molecule has 1 amide bonds. The van der Waals surface area contributed by atoms with Crippen LogP contribution in [0.1, 0.15) is 37.2 Å². The van der Waals surface area contributed by atoms with Gasteiger partial charge in [-0.3, -0.25) is 4.79 Å². The van der Waals surface area contributed by atoms with Gasteiger partial charge in [0.15, 0.2) is 5.69 Å². The highest BCUT2D eigenvalue weighted by molar-refractivity contribution is 6.33. The number of hydrogen-bond donors (Lipinski definition) is 2. The molecule has 1 aliphatic rings. The lowest BCUT2D eigenvalue weighted by atomic mass is 10.0. The molecule has 1 saturated heterocycles. The Hall–Kier alpha value is -1.89. The molecule has 1 aromatic rings. The fraction of sp³-hybridized carbons (Fsp3) is 0.571. The summed E-state index contributed by atoms with van der Waals surface area (Å²) >= 11 is 5.99. The minimum Gasteiger partial charge on any atom is -0.480 e. The second-order valence-corrected chi connectivity index (χ2v) is 6.00. The van der Waals surface area contributed by atoms with Crippen LogP contribution >= 0.6 is 11.6 Å². The second kappa shape index (κ2) is 6.91. The Bertz CT molecular complexity index is 573. The van der Waals surface area contributed by atoms with Crippen LogP contribution in [0.15, 0.2) is 6.20 Å². The summed E-state index contributed by atoms with van der Waals surface area (Å²) in [6, 6.07) is -0.992. The van der Waals surface area contributed by atoms with Crippen molar-refractivity contribution in [2.75, 3.05) is 18.0 Å². The zero-order valence-corrected chi connectivity index (χ0v) is 13.3. The summed E-state index contributed by atoms with van der Waals surface area (Å²) in [6.07, 6.45) is 3.49. The number of amides is 1. The van der Waals surface area contributed by atoms with Crippen molar-refractivity contribution in [3.05, 3.63) is 16.9 Å². The van der Waals surface area contributed by atoms with E-state index in [9.17, 15) is 9.59 Å². The smallest absolute Gasteiger partial charge is 0.326 e. The minimum absolute atomic E-state index is 0.00506. The van der Waals surface area contributed by atoms with Gasteiger partial charge in [0, 0.05) is 13.1 Å². The van der Waals surface area contributed by atoms with Gasteiger partial charge in [-0.1, -0.05) is 25.4 Å². The summed E-state index contributed by atoms with van der Waals surface area (Å²) in [5.74, 6) is -1.49. The van der Waals surface area contributed by atoms with Crippen LogP contribution in [0.3, 0.4) is 0 Å². The van der Waals surface area contributed by atoms with Gasteiger partial charge in [0.1, 0.15) is 6.04 Å². The number of rotatable bonds is 5. The Labute approximate surface area is 133 Å². The summed E-state index contributed by atoms with van der Waals surface area (Å²) in [7, 11) is 0. The molecule has 0 saturated carbocycles. The quantitative estimate of drug-likeness (QED) is 0.852. The lowest BCUT2D eigenvalue weighted by Crippen LogP contribution is -2.44. The first-order chi connectivity index (χ1) is 10.4. The molecule has 8 heteroatoms. The van der Waals surface area contributed by atoms with E-state index in [0.29, 0.717) is 5.95 Å². The molecule has 0 spiro atoms. The summed E-state index contributed by atoms with van der Waals surface area (Å²) in [5, 5.41) is 11.7. The third-order valence-corrected chi connectivity index (χ3v) is 3.83. The van der Waals surface area contributed by atoms with Crippen molar-refractivity contribution in [3.8, 4) is 0 Å². The number of carbonyl (C=O) groups excluding carboxylic acids is 1. The highest BCUT2D eigenvalue weighted by Crippen LogP contribution is 2.20. The standard InChI is InChI=1S/C14H19ClN4O3/c1-8(2)10(13(21)22)17-12(20)11-9(15)7-16-14(18-11)19-5-3-4-6-19/h7-8,10H,3-6H2,1-2H3,(H,17,20)(H,21,22). The van der Waals surface area contributed by atoms with Crippen molar-refractivity contribution in [1.82, 2.24) is 15.3 Å². The second-order valence-electron chi connectivity index (χ2n) is 5.59. The third-order valence-electron chi connectivity index (χ3n) is 3.55. The van der Waals surface area contributed by atoms with Gasteiger partial charge >= 0.3 is 5.97 Å². The SMILES string of the molecule is CC(C)C(NC(=O)c1nc(N2CCCC2)ncc1Cl)C(=O)O. The molecule has 1 aliphatic heterocycles. The minimum atomic E-state index is -1.09. The largest absolute Gasteiger partial charge is 0.480 e. The van der Waals surface area contributed by atoms with Crippen LogP contribution in [0.5, 0.6) is 0 Å². The van der Waals surface area contributed by atoms with Gasteiger partial charge < -0.3 is 15.3 Å². The molecular weight excluding hydrogens is 308 g/mol. The third kappa shape index (κ3) is 3.65. The van der Waals surface area contributed by atoms with Gasteiger partial charge in [-0.15, -0.1) is 0 Å². The molecule has 7 nitrogen and oxygen atoms in total. The van der Waals surface area contributed by atoms with Crippen LogP contribution in [0.25, 0.3) is 0 Å². The number of anilines is 1. The number of carboxylic acid groups (broad SMARTS) is 1. The fourth-order valence-corrected chi connectivity index (χ4v) is 2.49. The van der Waals surface area contributed by atoms with E-state index >= 15 is 0 Å². The topological polar surface area (TPSA) is 95.4 Å². The molecule has 1 unspecified atom stereocenters. The van der Waals surface area contributed by atoms with E-state index in [1.165, 1.54) is 6.20 Å². The van der Waals surface area contributed by atoms with E-state index < -0.39 is 17.9 Å². The first-order valence-electron chi connectivity index (χ1n) is 7.21. The highest BCUT2D eigenvalue weighted by Gasteiger charge is 2.26. The van der Waals surface area contributed by atoms with Gasteiger partial charge in [0.05, 0.1) is 11.2 Å². The summed E-state index contributed by atoms with van der Waals surface area (Å²) in [6.45, 7) is 5.12. The van der Waals surface area contributed by atoms with E-state index in [4.69, 9.17) is 16.7 Å². The number of aromatic nitrogens is 2. The number of carbonyl (C=O) groups is 2. The Kier molecular flexibility index (Phi) is 5.18. The van der Waals surface area contributed by atoms with Crippen molar-refractivity contribution in [1.29, 1.82) is 0 Å². The van der Waals surface area contributed by atoms with E-state index in [-0.39, 0.29) is 16.6 Å². The van der Waals surface area contributed by atoms with Gasteiger partial charge in [0.2, 0.25) is 5.95 Å². The zero-order valence-electron chi connectivity index (χ0n) is 12.5. The van der Waals surface area contributed by atoms with Crippen LogP contribution in [-0.2, 0) is 4.79 Å². The maximum absolute atomic E-state index is 12.3. The summed E-state index contributed by atoms with van der Waals surface area (Å²) < 4.78 is 0. The summed E-state index contributed by atoms with van der Waals surface area (Å²) in [4.78, 5) is 33.8. The maximum Gasteiger partial charge on any atom is 0.326 e. The Balaban J connectivity index is 2.21. The predicted molar refractivity (Wildman–Crippen MR) is 82.2 cm³/mol. The van der Waals surface area contributed by atoms with Gasteiger partial charge in [-0.05, 0) is 18.8 Å². The van der Waals surface area contributed by atoms with E-state index in [1.807, 2.05) is 4.90 Å². The molecule has 120 valence electrons. The van der Waals surface area contributed by atoms with Crippen molar-refractivity contribution >= 4 is 29.4 Å². The van der Waals surface area contributed by atoms with Crippen LogP contribution in [0, 0.1) is 5.92 Å². The van der Waals surface area contributed by atoms with Crippen LogP contribution in [0.2, 0.25) is 5.02 Å². The molecule has 2 rings (SSSR count). The van der Waals surface area contributed by atoms with Crippen molar-refractivity contribution < 1.29 is 14.7 Å². The van der Waals surface area contributed by atoms with Crippen molar-refractivity contribution in [2.24, 2.45) is 5.92 Å². The molecule has 22 heavy (non-hydrogen) atoms. The van der Waals surface area contributed by atoms with Gasteiger partial charge in [-0.25, -0.2) is 14.8 Å². The predicted octanol–water partition coefficient (Wildman–Crippen LogP) is 1.57. The number of nitrogens with zero attached hydrogens (tertiary/aromatic N) is 3. The average molecular weight is 327 g/mol. The molecule has 0 aliphatic carbocycles. The molecular formula is C14H19ClN4O3. The van der Waals surface area contributed by atoms with Gasteiger partial charge in [0.25, 0.3) is 5.91 Å². The van der Waals surface area contributed by atoms with Crippen LogP contribution in [-0.4, -0.2) is 46.1 Å². The molecule has 0 radical (unpaired) electrons. The lowest BCUT2D eigenvalue weighted by molar-refractivity contribution is -0.140. The molecule has 1 fully saturated rings. The Morgan fingerprint density at radius 1 is 1.36 bits per heavy atom. The fourth-order valence-electron chi connectivity index (χ4n) is 2.31. The van der Waals surface area contributed by atoms with Crippen LogP contribution < -0.4 is 10.2 Å². The normalized spacial score (nSPS) is 15.9. The monoisotopic (exact) mass is 326 g/mol. The number of nitrogens with one attached hydrogen (secondary N) is 1. The van der Waals surface area contributed by atoms with Crippen molar-refractivity contribution in [2.45, 2.75) is 32.7 Å². The number of carboxylic acids is 1. The average Bonchev–Trinajstić information content (AvgIpc) is 2.98. The molecule has 1 atom stereocenters. The first-order valence-corrected chi connectivity index (χ1v) is 7.59. The molecule has 0 aromatic carbocycles. The van der Waals surface area contributed by atoms with Crippen LogP contribution in [0.4, 0.5) is 5.95 Å². The van der Waals surface area contributed by atoms with E-state index in [1.54, 1.807) is 13.8 Å². The highest BCUT2D eigenvalue weighted by atomic mass is 35.5. The molecule has 2 N–H and O–H groups in total. The number of aliphatic carboxylic acids is 1. The Morgan fingerprint density at radius 2 is 2.00 bits per heavy atom. The maximum atomic E-state index is 12.3. The van der Waals surface area contributed by atoms with Gasteiger partial charge in [-0.2, -0.15) is 0 Å². The molecule has 2 heterocycles.